The minimum Gasteiger partial charge on any atom is -0.438 e. The van der Waals surface area contributed by atoms with E-state index in [4.69, 9.17) is 9.40 Å². The van der Waals surface area contributed by atoms with Crippen LogP contribution < -0.4 is 4.90 Å². The molecule has 0 N–H and O–H groups in total. The fourth-order valence-electron chi connectivity index (χ4n) is 7.65. The maximum absolute atomic E-state index is 6.20. The van der Waals surface area contributed by atoms with Gasteiger partial charge in [-0.3, -0.25) is 0 Å². The van der Waals surface area contributed by atoms with E-state index >= 15 is 0 Å². The van der Waals surface area contributed by atoms with E-state index in [9.17, 15) is 0 Å². The van der Waals surface area contributed by atoms with Gasteiger partial charge in [0.15, 0.2) is 0 Å². The van der Waals surface area contributed by atoms with Crippen LogP contribution in [0.25, 0.3) is 77.5 Å². The second-order valence-electron chi connectivity index (χ2n) is 13.6. The van der Waals surface area contributed by atoms with Crippen LogP contribution >= 0.6 is 0 Å². The Kier molecular flexibility index (Phi) is 7.81. The first-order chi connectivity index (χ1) is 26.8. The largest absolute Gasteiger partial charge is 0.438 e. The fraction of sp³-hybridized carbons (Fsp3) is 0. The fourth-order valence-corrected chi connectivity index (χ4v) is 7.65. The van der Waals surface area contributed by atoms with Crippen molar-refractivity contribution in [3.63, 3.8) is 0 Å². The number of aromatic nitrogens is 1. The summed E-state index contributed by atoms with van der Waals surface area (Å²) in [6.07, 6.45) is 0. The summed E-state index contributed by atoms with van der Waals surface area (Å²) in [5.41, 5.74) is 15.0. The third-order valence-electron chi connectivity index (χ3n) is 10.3. The molecule has 8 aromatic carbocycles. The quantitative estimate of drug-likeness (QED) is 0.167. The lowest BCUT2D eigenvalue weighted by molar-refractivity contribution is 0.656. The van der Waals surface area contributed by atoms with E-state index in [2.05, 4.69) is 199 Å². The van der Waals surface area contributed by atoms with Gasteiger partial charge in [-0.15, -0.1) is 0 Å². The topological polar surface area (TPSA) is 29.3 Å². The average Bonchev–Trinajstić information content (AvgIpc) is 3.62. The third-order valence-corrected chi connectivity index (χ3v) is 10.3. The van der Waals surface area contributed by atoms with Crippen LogP contribution in [0.4, 0.5) is 17.1 Å². The molecule has 3 nitrogen and oxygen atoms in total. The van der Waals surface area contributed by atoms with Crippen molar-refractivity contribution in [3.05, 3.63) is 206 Å². The first-order valence-corrected chi connectivity index (χ1v) is 18.3. The maximum atomic E-state index is 6.20. The molecule has 0 saturated heterocycles. The number of rotatable bonds is 7. The molecule has 0 spiro atoms. The van der Waals surface area contributed by atoms with Crippen molar-refractivity contribution >= 4 is 50.0 Å². The number of nitrogens with zero attached hydrogens (tertiary/aromatic N) is 2. The number of hydrogen-bond donors (Lipinski definition) is 0. The Morgan fingerprint density at radius 1 is 0.352 bits per heavy atom. The normalized spacial score (nSPS) is 11.3. The van der Waals surface area contributed by atoms with Gasteiger partial charge in [-0.2, -0.15) is 0 Å². The average molecular weight is 691 g/mol. The highest BCUT2D eigenvalue weighted by atomic mass is 16.3. The molecule has 0 atom stereocenters. The van der Waals surface area contributed by atoms with Gasteiger partial charge < -0.3 is 9.32 Å². The summed E-state index contributed by atoms with van der Waals surface area (Å²) in [6, 6.07) is 73.1. The zero-order valence-electron chi connectivity index (χ0n) is 29.4. The molecule has 0 unspecified atom stereocenters. The molecule has 2 aromatic heterocycles. The van der Waals surface area contributed by atoms with Gasteiger partial charge >= 0.3 is 0 Å². The summed E-state index contributed by atoms with van der Waals surface area (Å²) < 4.78 is 6.20. The molecule has 10 aromatic rings. The highest BCUT2D eigenvalue weighted by Gasteiger charge is 2.19. The number of furan rings is 1. The molecule has 10 rings (SSSR count). The summed E-state index contributed by atoms with van der Waals surface area (Å²) in [5.74, 6) is 0. The van der Waals surface area contributed by atoms with Crippen molar-refractivity contribution in [1.82, 2.24) is 4.98 Å². The molecule has 0 saturated carbocycles. The second-order valence-corrected chi connectivity index (χ2v) is 13.6. The molecule has 2 heterocycles. The van der Waals surface area contributed by atoms with E-state index in [1.807, 2.05) is 12.1 Å². The van der Waals surface area contributed by atoms with Crippen molar-refractivity contribution in [2.75, 3.05) is 4.90 Å². The summed E-state index contributed by atoms with van der Waals surface area (Å²) >= 11 is 0. The van der Waals surface area contributed by atoms with Gasteiger partial charge in [0.05, 0.1) is 11.2 Å². The Labute approximate surface area is 314 Å². The van der Waals surface area contributed by atoms with Crippen LogP contribution in [0, 0.1) is 0 Å². The Morgan fingerprint density at radius 3 is 1.69 bits per heavy atom. The van der Waals surface area contributed by atoms with Crippen LogP contribution in [0.2, 0.25) is 0 Å². The van der Waals surface area contributed by atoms with Crippen LogP contribution in [0.15, 0.2) is 211 Å². The number of hydrogen-bond acceptors (Lipinski definition) is 3. The van der Waals surface area contributed by atoms with E-state index in [0.717, 1.165) is 55.4 Å². The summed E-state index contributed by atoms with van der Waals surface area (Å²) in [7, 11) is 0. The van der Waals surface area contributed by atoms with Crippen molar-refractivity contribution in [2.24, 2.45) is 0 Å². The number of fused-ring (bicyclic) bond motifs is 4. The summed E-state index contributed by atoms with van der Waals surface area (Å²) in [5, 5.41) is 3.12. The van der Waals surface area contributed by atoms with E-state index in [1.165, 1.54) is 33.4 Å². The monoisotopic (exact) mass is 690 g/mol. The number of pyridine rings is 1. The Morgan fingerprint density at radius 2 is 0.944 bits per heavy atom. The van der Waals surface area contributed by atoms with Gasteiger partial charge in [0.1, 0.15) is 5.58 Å². The Hall–Kier alpha value is -7.23. The molecular weight excluding hydrogens is 657 g/mol. The van der Waals surface area contributed by atoms with Gasteiger partial charge in [0.2, 0.25) is 5.71 Å². The molecule has 0 radical (unpaired) electrons. The van der Waals surface area contributed by atoms with Gasteiger partial charge in [-0.1, -0.05) is 152 Å². The zero-order chi connectivity index (χ0) is 35.8. The zero-order valence-corrected chi connectivity index (χ0v) is 29.4. The number of anilines is 3. The van der Waals surface area contributed by atoms with Crippen LogP contribution in [-0.4, -0.2) is 4.98 Å². The predicted molar refractivity (Wildman–Crippen MR) is 225 cm³/mol. The first kappa shape index (κ1) is 31.5. The predicted octanol–water partition coefficient (Wildman–Crippen LogP) is 14.3. The minimum absolute atomic E-state index is 0.648. The van der Waals surface area contributed by atoms with Gasteiger partial charge in [0, 0.05) is 27.5 Å². The minimum atomic E-state index is 0.648. The smallest absolute Gasteiger partial charge is 0.227 e. The molecule has 0 aliphatic carbocycles. The lowest BCUT2D eigenvalue weighted by Gasteiger charge is -2.27. The highest BCUT2D eigenvalue weighted by Crippen LogP contribution is 2.43. The van der Waals surface area contributed by atoms with E-state index in [1.54, 1.807) is 0 Å². The molecule has 0 bridgehead atoms. The van der Waals surface area contributed by atoms with Crippen molar-refractivity contribution in [3.8, 4) is 44.5 Å². The van der Waals surface area contributed by atoms with Gasteiger partial charge in [-0.05, 0) is 99.1 Å². The lowest BCUT2D eigenvalue weighted by Crippen LogP contribution is -2.10. The molecule has 0 aliphatic rings. The first-order valence-electron chi connectivity index (χ1n) is 18.3. The van der Waals surface area contributed by atoms with Crippen LogP contribution in [0.1, 0.15) is 0 Å². The number of benzene rings is 8. The van der Waals surface area contributed by atoms with E-state index in [0.29, 0.717) is 5.71 Å². The number of para-hydroxylation sites is 1. The Balaban J connectivity index is 1.14. The van der Waals surface area contributed by atoms with Crippen molar-refractivity contribution in [1.29, 1.82) is 0 Å². The highest BCUT2D eigenvalue weighted by molar-refractivity contribution is 6.10. The maximum Gasteiger partial charge on any atom is 0.227 e. The summed E-state index contributed by atoms with van der Waals surface area (Å²) in [6.45, 7) is 0. The van der Waals surface area contributed by atoms with Gasteiger partial charge in [0.25, 0.3) is 0 Å². The van der Waals surface area contributed by atoms with Crippen molar-refractivity contribution < 1.29 is 4.42 Å². The molecule has 254 valence electrons. The molecule has 3 heteroatoms. The SMILES string of the molecule is c1ccc(-c2cccc(N(c3ccc(-c4ccc(-c5ccccc5)cc4-c4ccccc4)cc3)c3cccc4nc5oc6ccccc6c5cc34)c2)cc1. The van der Waals surface area contributed by atoms with Crippen LogP contribution in [0.3, 0.4) is 0 Å². The third kappa shape index (κ3) is 5.69. The molecule has 0 aliphatic heterocycles. The van der Waals surface area contributed by atoms with E-state index < -0.39 is 0 Å². The molecule has 0 fully saturated rings. The molecular formula is C51H34N2O. The molecule has 54 heavy (non-hydrogen) atoms. The summed E-state index contributed by atoms with van der Waals surface area (Å²) in [4.78, 5) is 7.39. The molecule has 0 amide bonds. The Bertz CT molecular complexity index is 2920. The van der Waals surface area contributed by atoms with Gasteiger partial charge in [-0.25, -0.2) is 4.98 Å². The standard InChI is InChI=1S/C51H34N2O/c1-4-14-35(15-5-1)39-20-12-21-42(32-39)53(49-24-13-23-48-47(49)34-46-44-22-10-11-25-50(44)54-51(46)52-48)41-29-26-38(27-30-41)43-31-28-40(36-16-6-2-7-17-36)33-45(43)37-18-8-3-9-19-37/h1-34H. The lowest BCUT2D eigenvalue weighted by atomic mass is 9.91. The second kappa shape index (κ2) is 13.4. The van der Waals surface area contributed by atoms with Crippen LogP contribution in [0.5, 0.6) is 0 Å². The van der Waals surface area contributed by atoms with E-state index in [-0.39, 0.29) is 0 Å². The van der Waals surface area contributed by atoms with Crippen LogP contribution in [-0.2, 0) is 0 Å². The van der Waals surface area contributed by atoms with Crippen molar-refractivity contribution in [2.45, 2.75) is 0 Å².